The Balaban J connectivity index is 2.02. The lowest BCUT2D eigenvalue weighted by Crippen LogP contribution is -2.51. The van der Waals surface area contributed by atoms with Crippen LogP contribution >= 0.6 is 0 Å². The minimum absolute atomic E-state index is 0.253. The van der Waals surface area contributed by atoms with Crippen LogP contribution in [0, 0.1) is 23.7 Å². The van der Waals surface area contributed by atoms with E-state index in [1.165, 1.54) is 32.1 Å². The highest BCUT2D eigenvalue weighted by atomic mass is 16.5. The van der Waals surface area contributed by atoms with Crippen LogP contribution in [0.2, 0.25) is 0 Å². The first-order chi connectivity index (χ1) is 8.98. The minimum atomic E-state index is -0.264. The monoisotopic (exact) mass is 268 g/mol. The smallest absolute Gasteiger partial charge is 0.0939 e. The van der Waals surface area contributed by atoms with E-state index in [-0.39, 0.29) is 11.7 Å². The Morgan fingerprint density at radius 1 is 1.00 bits per heavy atom. The van der Waals surface area contributed by atoms with Crippen LogP contribution < -0.4 is 0 Å². The summed E-state index contributed by atoms with van der Waals surface area (Å²) in [5, 5.41) is 10.9. The van der Waals surface area contributed by atoms with Crippen LogP contribution in [-0.4, -0.2) is 23.9 Å². The maximum Gasteiger partial charge on any atom is 0.0939 e. The molecule has 2 fully saturated rings. The van der Waals surface area contributed by atoms with Gasteiger partial charge in [0.2, 0.25) is 0 Å². The Bertz CT molecular complexity index is 281. The average molecular weight is 268 g/mol. The molecule has 0 saturated heterocycles. The third-order valence-corrected chi connectivity index (χ3v) is 6.15. The first-order valence-corrected chi connectivity index (χ1v) is 8.21. The van der Waals surface area contributed by atoms with E-state index >= 15 is 0 Å². The Hall–Kier alpha value is -0.0800. The van der Waals surface area contributed by atoms with Gasteiger partial charge in [0.1, 0.15) is 0 Å². The Morgan fingerprint density at radius 3 is 2.16 bits per heavy atom. The quantitative estimate of drug-likeness (QED) is 0.838. The highest BCUT2D eigenvalue weighted by molar-refractivity contribution is 4.96. The van der Waals surface area contributed by atoms with Gasteiger partial charge in [0, 0.05) is 7.11 Å². The molecule has 0 spiro atoms. The zero-order chi connectivity index (χ0) is 14.0. The van der Waals surface area contributed by atoms with Crippen LogP contribution in [0.5, 0.6) is 0 Å². The molecule has 0 heterocycles. The molecule has 4 atom stereocenters. The first kappa shape index (κ1) is 15.3. The number of rotatable bonds is 3. The molecule has 2 heteroatoms. The Kier molecular flexibility index (Phi) is 4.94. The van der Waals surface area contributed by atoms with Crippen LogP contribution in [0.15, 0.2) is 0 Å². The molecule has 2 aliphatic carbocycles. The van der Waals surface area contributed by atoms with E-state index in [4.69, 9.17) is 4.74 Å². The van der Waals surface area contributed by atoms with Crippen LogP contribution in [0.4, 0.5) is 0 Å². The molecule has 2 aliphatic rings. The summed E-state index contributed by atoms with van der Waals surface area (Å²) in [6.45, 7) is 7.00. The maximum atomic E-state index is 10.9. The van der Waals surface area contributed by atoms with E-state index in [0.717, 1.165) is 30.6 Å². The lowest BCUT2D eigenvalue weighted by Gasteiger charge is -2.46. The van der Waals surface area contributed by atoms with Gasteiger partial charge in [-0.25, -0.2) is 0 Å². The fraction of sp³-hybridized carbons (Fsp3) is 1.00. The molecule has 1 N–H and O–H groups in total. The third kappa shape index (κ3) is 3.16. The molecule has 0 radical (unpaired) electrons. The van der Waals surface area contributed by atoms with Crippen molar-refractivity contribution in [3.63, 3.8) is 0 Å². The molecule has 0 bridgehead atoms. The highest BCUT2D eigenvalue weighted by Gasteiger charge is 2.45. The van der Waals surface area contributed by atoms with E-state index in [2.05, 4.69) is 20.8 Å². The van der Waals surface area contributed by atoms with Gasteiger partial charge < -0.3 is 9.84 Å². The van der Waals surface area contributed by atoms with Gasteiger partial charge in [0.05, 0.1) is 11.7 Å². The summed E-state index contributed by atoms with van der Waals surface area (Å²) in [5.41, 5.74) is -0.253. The molecule has 4 unspecified atom stereocenters. The van der Waals surface area contributed by atoms with Crippen molar-refractivity contribution < 1.29 is 9.84 Å². The largest absolute Gasteiger partial charge is 0.390 e. The summed E-state index contributed by atoms with van der Waals surface area (Å²) in [7, 11) is 1.80. The standard InChI is InChI=1S/C17H32O2/c1-12-7-9-17(19-4,10-8-12)16(18)15-6-5-13(2)14(3)11-15/h12-16,18H,5-11H2,1-4H3. The van der Waals surface area contributed by atoms with E-state index in [1.807, 2.05) is 0 Å². The van der Waals surface area contributed by atoms with E-state index in [9.17, 15) is 5.11 Å². The van der Waals surface area contributed by atoms with Crippen LogP contribution in [-0.2, 0) is 4.74 Å². The number of hydrogen-bond acceptors (Lipinski definition) is 2. The summed E-state index contributed by atoms with van der Waals surface area (Å²) < 4.78 is 5.85. The molecule has 19 heavy (non-hydrogen) atoms. The SMILES string of the molecule is COC1(C(O)C2CCC(C)C(C)C2)CCC(C)CC1. The van der Waals surface area contributed by atoms with Crippen LogP contribution in [0.25, 0.3) is 0 Å². The second-order valence-corrected chi connectivity index (χ2v) is 7.42. The van der Waals surface area contributed by atoms with Crippen molar-refractivity contribution in [2.75, 3.05) is 7.11 Å². The van der Waals surface area contributed by atoms with Gasteiger partial charge in [-0.15, -0.1) is 0 Å². The Labute approximate surface area is 118 Å². The van der Waals surface area contributed by atoms with Crippen molar-refractivity contribution in [2.24, 2.45) is 23.7 Å². The van der Waals surface area contributed by atoms with Gasteiger partial charge in [0.25, 0.3) is 0 Å². The first-order valence-electron chi connectivity index (χ1n) is 8.21. The molecular formula is C17H32O2. The lowest BCUT2D eigenvalue weighted by molar-refractivity contribution is -0.154. The predicted octanol–water partition coefficient (Wildman–Crippen LogP) is 4.01. The molecule has 2 rings (SSSR count). The third-order valence-electron chi connectivity index (χ3n) is 6.15. The summed E-state index contributed by atoms with van der Waals surface area (Å²) in [6, 6.07) is 0. The molecule has 0 amide bonds. The van der Waals surface area contributed by atoms with Crippen molar-refractivity contribution >= 4 is 0 Å². The maximum absolute atomic E-state index is 10.9. The number of hydrogen-bond donors (Lipinski definition) is 1. The average Bonchev–Trinajstić information content (AvgIpc) is 2.42. The number of ether oxygens (including phenoxy) is 1. The molecule has 0 aromatic heterocycles. The zero-order valence-corrected chi connectivity index (χ0v) is 13.2. The molecule has 0 aliphatic heterocycles. The second kappa shape index (κ2) is 6.13. The van der Waals surface area contributed by atoms with E-state index < -0.39 is 0 Å². The number of aliphatic hydroxyl groups excluding tert-OH is 1. The number of methoxy groups -OCH3 is 1. The fourth-order valence-electron chi connectivity index (χ4n) is 4.18. The van der Waals surface area contributed by atoms with Gasteiger partial charge >= 0.3 is 0 Å². The van der Waals surface area contributed by atoms with Gasteiger partial charge in [-0.2, -0.15) is 0 Å². The molecule has 112 valence electrons. The van der Waals surface area contributed by atoms with Gasteiger partial charge in [-0.05, 0) is 62.2 Å². The molecule has 2 saturated carbocycles. The fourth-order valence-corrected chi connectivity index (χ4v) is 4.18. The summed E-state index contributed by atoms with van der Waals surface area (Å²) in [5.74, 6) is 2.79. The molecule has 0 aromatic rings. The van der Waals surface area contributed by atoms with Crippen molar-refractivity contribution in [3.05, 3.63) is 0 Å². The van der Waals surface area contributed by atoms with Crippen molar-refractivity contribution in [1.29, 1.82) is 0 Å². The minimum Gasteiger partial charge on any atom is -0.390 e. The Morgan fingerprint density at radius 2 is 1.63 bits per heavy atom. The van der Waals surface area contributed by atoms with E-state index in [0.29, 0.717) is 5.92 Å². The zero-order valence-electron chi connectivity index (χ0n) is 13.2. The molecule has 2 nitrogen and oxygen atoms in total. The normalized spacial score (nSPS) is 45.9. The molecule has 0 aromatic carbocycles. The van der Waals surface area contributed by atoms with Gasteiger partial charge in [-0.3, -0.25) is 0 Å². The molecular weight excluding hydrogens is 236 g/mol. The predicted molar refractivity (Wildman–Crippen MR) is 79.0 cm³/mol. The van der Waals surface area contributed by atoms with Crippen molar-refractivity contribution in [1.82, 2.24) is 0 Å². The van der Waals surface area contributed by atoms with E-state index in [1.54, 1.807) is 7.11 Å². The van der Waals surface area contributed by atoms with Crippen LogP contribution in [0.1, 0.15) is 65.7 Å². The van der Waals surface area contributed by atoms with Crippen molar-refractivity contribution in [3.8, 4) is 0 Å². The highest BCUT2D eigenvalue weighted by Crippen LogP contribution is 2.44. The van der Waals surface area contributed by atoms with Crippen LogP contribution in [0.3, 0.4) is 0 Å². The number of aliphatic hydroxyl groups is 1. The van der Waals surface area contributed by atoms with Gasteiger partial charge in [0.15, 0.2) is 0 Å². The lowest BCUT2D eigenvalue weighted by atomic mass is 9.67. The van der Waals surface area contributed by atoms with Crippen molar-refractivity contribution in [2.45, 2.75) is 77.4 Å². The summed E-state index contributed by atoms with van der Waals surface area (Å²) in [4.78, 5) is 0. The van der Waals surface area contributed by atoms with Gasteiger partial charge in [-0.1, -0.05) is 27.2 Å². The topological polar surface area (TPSA) is 29.5 Å². The summed E-state index contributed by atoms with van der Waals surface area (Å²) in [6.07, 6.45) is 7.81. The second-order valence-electron chi connectivity index (χ2n) is 7.42. The summed E-state index contributed by atoms with van der Waals surface area (Å²) >= 11 is 0.